The number of hydrogen-bond donors (Lipinski definition) is 5. The van der Waals surface area contributed by atoms with Gasteiger partial charge in [0.25, 0.3) is 5.91 Å². The number of carbonyl (C=O) groups excluding carboxylic acids is 4. The van der Waals surface area contributed by atoms with Gasteiger partial charge in [-0.3, -0.25) is 19.2 Å². The second-order valence-corrected chi connectivity index (χ2v) is 9.55. The smallest absolute Gasteiger partial charge is 0.270 e. The summed E-state index contributed by atoms with van der Waals surface area (Å²) in [5.74, 6) is -5.02. The summed E-state index contributed by atoms with van der Waals surface area (Å²) < 4.78 is 11.4. The Morgan fingerprint density at radius 3 is 1.79 bits per heavy atom. The standard InChI is InChI=1S/C30H25N3O9/c31-26(38)20-27(33-16-32-20)42-28-30(40,24(37)19-14-8-3-9-15-19)29(39,23(36)18-12-6-2-7-13-18)25(41-28)22(35)21(34)17-10-4-1-5-11-17/h1-16,22,25,28,35,39-40H,(H2,31,38)(H,32,33)/t22?,25-,28+,29-,30-/m1/s1. The summed E-state index contributed by atoms with van der Waals surface area (Å²) in [7, 11) is 0. The highest BCUT2D eigenvalue weighted by Crippen LogP contribution is 2.46. The molecular formula is C30H25N3O9. The highest BCUT2D eigenvalue weighted by atomic mass is 16.7. The largest absolute Gasteiger partial charge is 0.442 e. The van der Waals surface area contributed by atoms with E-state index in [2.05, 4.69) is 9.97 Å². The minimum Gasteiger partial charge on any atom is -0.442 e. The van der Waals surface area contributed by atoms with Gasteiger partial charge in [-0.15, -0.1) is 0 Å². The molecule has 1 saturated heterocycles. The van der Waals surface area contributed by atoms with Crippen molar-refractivity contribution in [2.75, 3.05) is 0 Å². The molecule has 0 spiro atoms. The van der Waals surface area contributed by atoms with E-state index in [-0.39, 0.29) is 22.4 Å². The summed E-state index contributed by atoms with van der Waals surface area (Å²) >= 11 is 0. The van der Waals surface area contributed by atoms with Crippen molar-refractivity contribution in [1.29, 1.82) is 0 Å². The molecule has 3 aromatic carbocycles. The molecule has 2 heterocycles. The molecule has 4 aromatic rings. The molecule has 1 amide bonds. The number of rotatable bonds is 10. The molecule has 1 aromatic heterocycles. The summed E-state index contributed by atoms with van der Waals surface area (Å²) in [5, 5.41) is 35.9. The number of aromatic amines is 1. The number of carbonyl (C=O) groups is 4. The molecular weight excluding hydrogens is 546 g/mol. The number of benzene rings is 3. The lowest BCUT2D eigenvalue weighted by molar-refractivity contribution is -0.150. The number of hydrogen-bond acceptors (Lipinski definition) is 10. The highest BCUT2D eigenvalue weighted by molar-refractivity contribution is 6.14. The van der Waals surface area contributed by atoms with Gasteiger partial charge in [-0.2, -0.15) is 0 Å². The highest BCUT2D eigenvalue weighted by Gasteiger charge is 2.76. The van der Waals surface area contributed by atoms with E-state index in [4.69, 9.17) is 15.2 Å². The average Bonchev–Trinajstić information content (AvgIpc) is 3.59. The SMILES string of the molecule is NC(=O)c1[nH]cnc1O[C@@H]1O[C@H](C(O)C(=O)c2ccccc2)[C@](O)(C(=O)c2ccccc2)[C@@]1(O)C(=O)c1ccccc1. The number of ether oxygens (including phenoxy) is 2. The van der Waals surface area contributed by atoms with Gasteiger partial charge in [0.2, 0.25) is 29.3 Å². The van der Waals surface area contributed by atoms with Gasteiger partial charge >= 0.3 is 0 Å². The molecule has 1 unspecified atom stereocenters. The van der Waals surface area contributed by atoms with Gasteiger partial charge in [0, 0.05) is 16.7 Å². The van der Waals surface area contributed by atoms with E-state index in [1.54, 1.807) is 18.2 Å². The van der Waals surface area contributed by atoms with E-state index in [1.165, 1.54) is 72.8 Å². The normalized spacial score (nSPS) is 24.1. The fraction of sp³-hybridized carbons (Fsp3) is 0.167. The Balaban J connectivity index is 1.71. The van der Waals surface area contributed by atoms with Crippen molar-refractivity contribution in [1.82, 2.24) is 9.97 Å². The number of primary amides is 1. The quantitative estimate of drug-likeness (QED) is 0.171. The molecule has 214 valence electrons. The Kier molecular flexibility index (Phi) is 7.54. The van der Waals surface area contributed by atoms with E-state index in [1.807, 2.05) is 0 Å². The molecule has 0 radical (unpaired) electrons. The molecule has 12 heteroatoms. The number of ketones is 3. The van der Waals surface area contributed by atoms with Crippen LogP contribution in [0, 0.1) is 0 Å². The summed E-state index contributed by atoms with van der Waals surface area (Å²) in [5.41, 5.74) is -2.00. The Bertz CT molecular complexity index is 1630. The van der Waals surface area contributed by atoms with Gasteiger partial charge in [-0.1, -0.05) is 91.0 Å². The van der Waals surface area contributed by atoms with Crippen molar-refractivity contribution < 1.29 is 44.0 Å². The number of aliphatic hydroxyl groups excluding tert-OH is 1. The predicted octanol–water partition coefficient (Wildman–Crippen LogP) is 1.08. The third-order valence-electron chi connectivity index (χ3n) is 7.05. The van der Waals surface area contributed by atoms with E-state index in [0.717, 1.165) is 6.33 Å². The van der Waals surface area contributed by atoms with Crippen LogP contribution in [0.15, 0.2) is 97.3 Å². The number of imidazole rings is 1. The van der Waals surface area contributed by atoms with Crippen LogP contribution in [-0.2, 0) is 4.74 Å². The zero-order valence-electron chi connectivity index (χ0n) is 21.8. The lowest BCUT2D eigenvalue weighted by Crippen LogP contribution is -2.70. The van der Waals surface area contributed by atoms with Gasteiger partial charge in [0.05, 0.1) is 6.33 Å². The third kappa shape index (κ3) is 4.58. The lowest BCUT2D eigenvalue weighted by atomic mass is 9.70. The first-order chi connectivity index (χ1) is 20.1. The first-order valence-corrected chi connectivity index (χ1v) is 12.7. The fourth-order valence-electron chi connectivity index (χ4n) is 4.90. The Labute approximate surface area is 238 Å². The molecule has 6 N–H and O–H groups in total. The first-order valence-electron chi connectivity index (χ1n) is 12.7. The van der Waals surface area contributed by atoms with Crippen LogP contribution in [0.2, 0.25) is 0 Å². The first kappa shape index (κ1) is 28.5. The molecule has 0 bridgehead atoms. The second kappa shape index (κ2) is 11.1. The van der Waals surface area contributed by atoms with E-state index < -0.39 is 58.8 Å². The summed E-state index contributed by atoms with van der Waals surface area (Å²) in [6, 6.07) is 21.8. The fourth-order valence-corrected chi connectivity index (χ4v) is 4.90. The number of nitrogens with two attached hydrogens (primary N) is 1. The summed E-state index contributed by atoms with van der Waals surface area (Å²) in [4.78, 5) is 59.7. The van der Waals surface area contributed by atoms with E-state index >= 15 is 0 Å². The molecule has 0 saturated carbocycles. The van der Waals surface area contributed by atoms with Crippen LogP contribution in [0.4, 0.5) is 0 Å². The number of Topliss-reactive ketones (excluding diaryl/α,β-unsaturated/α-hetero) is 3. The topological polar surface area (TPSA) is 202 Å². The third-order valence-corrected chi connectivity index (χ3v) is 7.05. The predicted molar refractivity (Wildman–Crippen MR) is 145 cm³/mol. The Morgan fingerprint density at radius 1 is 0.810 bits per heavy atom. The molecule has 1 aliphatic heterocycles. The summed E-state index contributed by atoms with van der Waals surface area (Å²) in [6.45, 7) is 0. The minimum absolute atomic E-state index is 0.00581. The Hall–Kier alpha value is -5.01. The molecule has 5 atom stereocenters. The maximum Gasteiger partial charge on any atom is 0.270 e. The molecule has 42 heavy (non-hydrogen) atoms. The van der Waals surface area contributed by atoms with Crippen molar-refractivity contribution in [3.8, 4) is 5.88 Å². The molecule has 1 aliphatic rings. The van der Waals surface area contributed by atoms with Crippen LogP contribution in [0.1, 0.15) is 41.6 Å². The van der Waals surface area contributed by atoms with Crippen LogP contribution in [0.5, 0.6) is 5.88 Å². The monoisotopic (exact) mass is 571 g/mol. The van der Waals surface area contributed by atoms with Gasteiger partial charge in [-0.25, -0.2) is 4.98 Å². The average molecular weight is 572 g/mol. The van der Waals surface area contributed by atoms with Crippen molar-refractivity contribution in [3.05, 3.63) is 120 Å². The van der Waals surface area contributed by atoms with Crippen LogP contribution in [0.25, 0.3) is 0 Å². The van der Waals surface area contributed by atoms with E-state index in [0.29, 0.717) is 0 Å². The van der Waals surface area contributed by atoms with Gasteiger partial charge in [-0.05, 0) is 0 Å². The van der Waals surface area contributed by atoms with E-state index in [9.17, 15) is 34.5 Å². The minimum atomic E-state index is -3.32. The zero-order valence-corrected chi connectivity index (χ0v) is 21.8. The Morgan fingerprint density at radius 2 is 1.29 bits per heavy atom. The maximum atomic E-state index is 14.1. The van der Waals surface area contributed by atoms with Gasteiger partial charge < -0.3 is 35.5 Å². The van der Waals surface area contributed by atoms with Crippen LogP contribution < -0.4 is 10.5 Å². The number of amides is 1. The molecule has 1 fully saturated rings. The number of H-pyrrole nitrogens is 1. The second-order valence-electron chi connectivity index (χ2n) is 9.55. The van der Waals surface area contributed by atoms with Gasteiger partial charge in [0.1, 0.15) is 12.2 Å². The van der Waals surface area contributed by atoms with Crippen LogP contribution in [-0.4, -0.2) is 78.2 Å². The molecule has 12 nitrogen and oxygen atoms in total. The number of aromatic nitrogens is 2. The van der Waals surface area contributed by atoms with Gasteiger partial charge in [0.15, 0.2) is 17.1 Å². The zero-order chi connectivity index (χ0) is 30.1. The number of aliphatic hydroxyl groups is 3. The number of nitrogens with zero attached hydrogens (tertiary/aromatic N) is 1. The number of nitrogens with one attached hydrogen (secondary N) is 1. The molecule has 5 rings (SSSR count). The van der Waals surface area contributed by atoms with Crippen LogP contribution >= 0.6 is 0 Å². The molecule has 0 aliphatic carbocycles. The summed E-state index contributed by atoms with van der Waals surface area (Å²) in [6.07, 6.45) is -5.79. The van der Waals surface area contributed by atoms with Crippen molar-refractivity contribution in [3.63, 3.8) is 0 Å². The van der Waals surface area contributed by atoms with Crippen molar-refractivity contribution in [2.45, 2.75) is 29.7 Å². The van der Waals surface area contributed by atoms with Crippen molar-refractivity contribution >= 4 is 23.3 Å². The van der Waals surface area contributed by atoms with Crippen molar-refractivity contribution in [2.24, 2.45) is 5.73 Å². The van der Waals surface area contributed by atoms with Crippen LogP contribution in [0.3, 0.4) is 0 Å². The maximum absolute atomic E-state index is 14.1. The lowest BCUT2D eigenvalue weighted by Gasteiger charge is -2.38.